The van der Waals surface area contributed by atoms with E-state index in [1.165, 1.54) is 5.56 Å². The molecule has 1 rings (SSSR count). The zero-order chi connectivity index (χ0) is 12.1. The quantitative estimate of drug-likeness (QED) is 0.827. The smallest absolute Gasteiger partial charge is 0.127 e. The zero-order valence-corrected chi connectivity index (χ0v) is 11.0. The van der Waals surface area contributed by atoms with Crippen LogP contribution in [0.1, 0.15) is 26.3 Å². The third-order valence-electron chi connectivity index (χ3n) is 2.90. The minimum absolute atomic E-state index is 0.536. The molecule has 0 saturated carbocycles. The molecule has 0 aromatic carbocycles. The normalized spacial score (nSPS) is 12.9. The molecular weight excluding hydrogens is 198 g/mol. The number of nitrogens with one attached hydrogen (secondary N) is 1. The molecule has 1 atom stereocenters. The van der Waals surface area contributed by atoms with Crippen molar-refractivity contribution in [2.24, 2.45) is 5.92 Å². The van der Waals surface area contributed by atoms with Crippen LogP contribution in [0, 0.1) is 5.92 Å². The van der Waals surface area contributed by atoms with Crippen molar-refractivity contribution in [2.45, 2.75) is 33.4 Å². The van der Waals surface area contributed by atoms with Gasteiger partial charge in [-0.05, 0) is 24.5 Å². The van der Waals surface area contributed by atoms with E-state index in [4.69, 9.17) is 0 Å². The first-order valence-corrected chi connectivity index (χ1v) is 5.86. The summed E-state index contributed by atoms with van der Waals surface area (Å²) in [5.41, 5.74) is 1.23. The molecule has 16 heavy (non-hydrogen) atoms. The first-order valence-electron chi connectivity index (χ1n) is 5.86. The van der Waals surface area contributed by atoms with Crippen LogP contribution in [0.3, 0.4) is 0 Å². The summed E-state index contributed by atoms with van der Waals surface area (Å²) in [6, 6.07) is 4.72. The fourth-order valence-electron chi connectivity index (χ4n) is 1.30. The van der Waals surface area contributed by atoms with Gasteiger partial charge in [0.05, 0.1) is 0 Å². The van der Waals surface area contributed by atoms with Crippen LogP contribution in [0.15, 0.2) is 18.3 Å². The van der Waals surface area contributed by atoms with E-state index in [2.05, 4.69) is 43.2 Å². The molecular formula is C13H23N3. The van der Waals surface area contributed by atoms with Gasteiger partial charge in [-0.1, -0.05) is 19.9 Å². The van der Waals surface area contributed by atoms with Crippen molar-refractivity contribution < 1.29 is 0 Å². The average molecular weight is 221 g/mol. The van der Waals surface area contributed by atoms with Gasteiger partial charge >= 0.3 is 0 Å². The summed E-state index contributed by atoms with van der Waals surface area (Å²) in [5, 5.41) is 3.49. The number of hydrogen-bond acceptors (Lipinski definition) is 3. The van der Waals surface area contributed by atoms with E-state index in [9.17, 15) is 0 Å². The van der Waals surface area contributed by atoms with Gasteiger partial charge < -0.3 is 10.2 Å². The first-order chi connectivity index (χ1) is 7.50. The number of rotatable bonds is 5. The largest absolute Gasteiger partial charge is 0.363 e. The first kappa shape index (κ1) is 13.0. The molecule has 90 valence electrons. The Hall–Kier alpha value is -1.09. The third-order valence-corrected chi connectivity index (χ3v) is 2.90. The summed E-state index contributed by atoms with van der Waals surface area (Å²) in [4.78, 5) is 6.39. The van der Waals surface area contributed by atoms with Crippen molar-refractivity contribution in [1.82, 2.24) is 10.3 Å². The van der Waals surface area contributed by atoms with Gasteiger partial charge in [-0.25, -0.2) is 4.98 Å². The van der Waals surface area contributed by atoms with Gasteiger partial charge in [0.25, 0.3) is 0 Å². The van der Waals surface area contributed by atoms with Crippen LogP contribution in [-0.4, -0.2) is 25.1 Å². The monoisotopic (exact) mass is 221 g/mol. The highest BCUT2D eigenvalue weighted by molar-refractivity contribution is 5.37. The summed E-state index contributed by atoms with van der Waals surface area (Å²) in [6.07, 6.45) is 1.94. The second-order valence-electron chi connectivity index (χ2n) is 4.83. The molecule has 1 aromatic heterocycles. The molecule has 1 unspecified atom stereocenters. The van der Waals surface area contributed by atoms with E-state index in [0.29, 0.717) is 12.0 Å². The van der Waals surface area contributed by atoms with Crippen LogP contribution in [0.2, 0.25) is 0 Å². The molecule has 1 N–H and O–H groups in total. The lowest BCUT2D eigenvalue weighted by Gasteiger charge is -2.17. The number of aromatic nitrogens is 1. The molecule has 0 aliphatic carbocycles. The molecule has 0 saturated heterocycles. The van der Waals surface area contributed by atoms with Gasteiger partial charge in [0.2, 0.25) is 0 Å². The lowest BCUT2D eigenvalue weighted by molar-refractivity contribution is 0.426. The molecule has 3 nitrogen and oxygen atoms in total. The number of pyridine rings is 1. The predicted octanol–water partition coefficient (Wildman–Crippen LogP) is 2.28. The average Bonchev–Trinajstić information content (AvgIpc) is 2.26. The maximum absolute atomic E-state index is 4.39. The fourth-order valence-corrected chi connectivity index (χ4v) is 1.30. The molecule has 0 bridgehead atoms. The lowest BCUT2D eigenvalue weighted by Crippen LogP contribution is -2.30. The van der Waals surface area contributed by atoms with Crippen molar-refractivity contribution in [3.63, 3.8) is 0 Å². The Morgan fingerprint density at radius 3 is 2.38 bits per heavy atom. The highest BCUT2D eigenvalue weighted by Crippen LogP contribution is 2.08. The molecule has 3 heteroatoms. The maximum Gasteiger partial charge on any atom is 0.127 e. The van der Waals surface area contributed by atoms with Crippen LogP contribution in [0.25, 0.3) is 0 Å². The van der Waals surface area contributed by atoms with E-state index in [0.717, 1.165) is 12.4 Å². The van der Waals surface area contributed by atoms with Crippen LogP contribution < -0.4 is 10.2 Å². The van der Waals surface area contributed by atoms with Crippen LogP contribution >= 0.6 is 0 Å². The molecule has 0 spiro atoms. The van der Waals surface area contributed by atoms with Gasteiger partial charge in [0.1, 0.15) is 5.82 Å². The van der Waals surface area contributed by atoms with Crippen LogP contribution in [0.5, 0.6) is 0 Å². The summed E-state index contributed by atoms with van der Waals surface area (Å²) in [7, 11) is 4.00. The second-order valence-corrected chi connectivity index (χ2v) is 4.83. The lowest BCUT2D eigenvalue weighted by atomic mass is 10.1. The second kappa shape index (κ2) is 5.85. The Kier molecular flexibility index (Phi) is 4.74. The molecule has 1 aromatic rings. The van der Waals surface area contributed by atoms with E-state index in [-0.39, 0.29) is 0 Å². The standard InChI is InChI=1S/C13H23N3/c1-10(2)11(3)14-8-12-6-7-13(15-9-12)16(4)5/h6-7,9-11,14H,8H2,1-5H3. The van der Waals surface area contributed by atoms with Crippen molar-refractivity contribution in [1.29, 1.82) is 0 Å². The van der Waals surface area contributed by atoms with Gasteiger partial charge in [0.15, 0.2) is 0 Å². The van der Waals surface area contributed by atoms with E-state index >= 15 is 0 Å². The number of hydrogen-bond donors (Lipinski definition) is 1. The number of anilines is 1. The van der Waals surface area contributed by atoms with E-state index in [1.54, 1.807) is 0 Å². The predicted molar refractivity (Wildman–Crippen MR) is 69.7 cm³/mol. The minimum atomic E-state index is 0.536. The Morgan fingerprint density at radius 1 is 1.25 bits per heavy atom. The van der Waals surface area contributed by atoms with Crippen LogP contribution in [-0.2, 0) is 6.54 Å². The highest BCUT2D eigenvalue weighted by Gasteiger charge is 2.05. The minimum Gasteiger partial charge on any atom is -0.363 e. The molecule has 0 aliphatic rings. The summed E-state index contributed by atoms with van der Waals surface area (Å²) >= 11 is 0. The van der Waals surface area contributed by atoms with Crippen molar-refractivity contribution in [2.75, 3.05) is 19.0 Å². The Bertz CT molecular complexity index is 303. The maximum atomic E-state index is 4.39. The zero-order valence-electron chi connectivity index (χ0n) is 11.0. The van der Waals surface area contributed by atoms with Crippen molar-refractivity contribution >= 4 is 5.82 Å². The number of nitrogens with zero attached hydrogens (tertiary/aromatic N) is 2. The fraction of sp³-hybridized carbons (Fsp3) is 0.615. The highest BCUT2D eigenvalue weighted by atomic mass is 15.1. The third kappa shape index (κ3) is 3.81. The SMILES string of the molecule is CC(C)C(C)NCc1ccc(N(C)C)nc1. The van der Waals surface area contributed by atoms with Crippen LogP contribution in [0.4, 0.5) is 5.82 Å². The van der Waals surface area contributed by atoms with E-state index < -0.39 is 0 Å². The molecule has 1 heterocycles. The topological polar surface area (TPSA) is 28.2 Å². The molecule has 0 amide bonds. The summed E-state index contributed by atoms with van der Waals surface area (Å²) < 4.78 is 0. The molecule has 0 aliphatic heterocycles. The van der Waals surface area contributed by atoms with E-state index in [1.807, 2.05) is 25.2 Å². The van der Waals surface area contributed by atoms with Gasteiger partial charge in [0, 0.05) is 32.9 Å². The van der Waals surface area contributed by atoms with Gasteiger partial charge in [-0.15, -0.1) is 0 Å². The Balaban J connectivity index is 2.49. The Morgan fingerprint density at radius 2 is 1.94 bits per heavy atom. The summed E-state index contributed by atoms with van der Waals surface area (Å²) in [5.74, 6) is 1.66. The molecule has 0 radical (unpaired) electrons. The van der Waals surface area contributed by atoms with Crippen molar-refractivity contribution in [3.8, 4) is 0 Å². The van der Waals surface area contributed by atoms with Gasteiger partial charge in [-0.3, -0.25) is 0 Å². The Labute approximate surface area is 98.9 Å². The summed E-state index contributed by atoms with van der Waals surface area (Å²) in [6.45, 7) is 7.56. The van der Waals surface area contributed by atoms with Gasteiger partial charge in [-0.2, -0.15) is 0 Å². The van der Waals surface area contributed by atoms with Crippen molar-refractivity contribution in [3.05, 3.63) is 23.9 Å². The molecule has 0 fully saturated rings.